The summed E-state index contributed by atoms with van der Waals surface area (Å²) in [5, 5.41) is 2.14. The van der Waals surface area contributed by atoms with E-state index in [9.17, 15) is 0 Å². The second kappa shape index (κ2) is 8.55. The fraction of sp³-hybridized carbons (Fsp3) is 0.222. The fourth-order valence-electron chi connectivity index (χ4n) is 2.41. The first kappa shape index (κ1) is 18.0. The van der Waals surface area contributed by atoms with Crippen LogP contribution in [-0.4, -0.2) is 30.2 Å². The molecule has 0 amide bonds. The lowest BCUT2D eigenvalue weighted by Crippen LogP contribution is -2.44. The van der Waals surface area contributed by atoms with Crippen LogP contribution in [0.25, 0.3) is 0 Å². The van der Waals surface area contributed by atoms with Crippen LogP contribution in [0.2, 0.25) is 5.02 Å². The molecule has 0 bridgehead atoms. The van der Waals surface area contributed by atoms with Crippen molar-refractivity contribution in [3.8, 4) is 5.75 Å². The van der Waals surface area contributed by atoms with Gasteiger partial charge in [-0.1, -0.05) is 41.9 Å². The molecular formula is C18H20ClN5O2. The zero-order valence-corrected chi connectivity index (χ0v) is 14.8. The Hall–Kier alpha value is -2.77. The van der Waals surface area contributed by atoms with Crippen LogP contribution in [0.5, 0.6) is 5.75 Å². The lowest BCUT2D eigenvalue weighted by atomic mass is 10.2. The molecule has 0 fully saturated rings. The van der Waals surface area contributed by atoms with Crippen molar-refractivity contribution in [3.05, 3.63) is 65.2 Å². The second-order valence-corrected chi connectivity index (χ2v) is 5.99. The highest BCUT2D eigenvalue weighted by molar-refractivity contribution is 6.30. The number of guanidine groups is 2. The first-order valence-corrected chi connectivity index (χ1v) is 8.54. The number of halogens is 1. The van der Waals surface area contributed by atoms with E-state index in [4.69, 9.17) is 32.6 Å². The van der Waals surface area contributed by atoms with Crippen LogP contribution in [0, 0.1) is 0 Å². The van der Waals surface area contributed by atoms with Gasteiger partial charge in [-0.2, -0.15) is 10.1 Å². The summed E-state index contributed by atoms with van der Waals surface area (Å²) in [7, 11) is 0. The monoisotopic (exact) mass is 373 g/mol. The Bertz CT molecular complexity index is 780. The zero-order valence-electron chi connectivity index (χ0n) is 14.1. The summed E-state index contributed by atoms with van der Waals surface area (Å²) in [4.78, 5) is 14.1. The van der Waals surface area contributed by atoms with E-state index >= 15 is 0 Å². The zero-order chi connectivity index (χ0) is 18.4. The molecular weight excluding hydrogens is 354 g/mol. The lowest BCUT2D eigenvalue weighted by Gasteiger charge is -2.31. The van der Waals surface area contributed by atoms with Crippen molar-refractivity contribution >= 4 is 23.5 Å². The average molecular weight is 374 g/mol. The molecule has 1 atom stereocenters. The lowest BCUT2D eigenvalue weighted by molar-refractivity contribution is -0.132. The van der Waals surface area contributed by atoms with Gasteiger partial charge in [-0.3, -0.25) is 4.84 Å². The molecule has 0 saturated carbocycles. The third kappa shape index (κ3) is 4.65. The Labute approximate surface area is 156 Å². The van der Waals surface area contributed by atoms with Gasteiger partial charge in [0.2, 0.25) is 11.9 Å². The summed E-state index contributed by atoms with van der Waals surface area (Å²) in [6, 6.07) is 16.8. The van der Waals surface area contributed by atoms with Gasteiger partial charge in [-0.15, -0.1) is 0 Å². The third-order valence-corrected chi connectivity index (χ3v) is 3.88. The molecule has 26 heavy (non-hydrogen) atoms. The van der Waals surface area contributed by atoms with Gasteiger partial charge in [-0.25, -0.2) is 4.99 Å². The number of nitrogens with two attached hydrogens (primary N) is 2. The molecule has 2 aromatic rings. The molecule has 4 N–H and O–H groups in total. The maximum absolute atomic E-state index is 5.96. The van der Waals surface area contributed by atoms with Gasteiger partial charge in [0.15, 0.2) is 6.17 Å². The van der Waals surface area contributed by atoms with E-state index in [1.54, 1.807) is 12.1 Å². The van der Waals surface area contributed by atoms with Crippen molar-refractivity contribution in [2.45, 2.75) is 12.6 Å². The van der Waals surface area contributed by atoms with Crippen molar-refractivity contribution in [3.63, 3.8) is 0 Å². The topological polar surface area (TPSA) is 98.5 Å². The molecule has 2 aromatic carbocycles. The van der Waals surface area contributed by atoms with E-state index in [1.807, 2.05) is 42.5 Å². The Balaban J connectivity index is 1.53. The number of ether oxygens (including phenoxy) is 1. The van der Waals surface area contributed by atoms with Crippen molar-refractivity contribution in [1.29, 1.82) is 0 Å². The summed E-state index contributed by atoms with van der Waals surface area (Å²) in [5.74, 6) is 1.06. The minimum atomic E-state index is -0.467. The number of hydrogen-bond acceptors (Lipinski definition) is 7. The van der Waals surface area contributed by atoms with Crippen molar-refractivity contribution in [2.75, 3.05) is 13.2 Å². The molecule has 8 heteroatoms. The second-order valence-electron chi connectivity index (χ2n) is 5.56. The van der Waals surface area contributed by atoms with E-state index in [0.29, 0.717) is 24.7 Å². The van der Waals surface area contributed by atoms with Gasteiger partial charge in [0, 0.05) is 11.4 Å². The first-order valence-electron chi connectivity index (χ1n) is 8.16. The van der Waals surface area contributed by atoms with Crippen molar-refractivity contribution < 1.29 is 9.57 Å². The predicted octanol–water partition coefficient (Wildman–Crippen LogP) is 2.68. The summed E-state index contributed by atoms with van der Waals surface area (Å²) in [5.41, 5.74) is 12.6. The molecule has 0 spiro atoms. The van der Waals surface area contributed by atoms with E-state index < -0.39 is 6.17 Å². The van der Waals surface area contributed by atoms with E-state index in [2.05, 4.69) is 9.98 Å². The minimum absolute atomic E-state index is 0.127. The molecule has 136 valence electrons. The highest BCUT2D eigenvalue weighted by atomic mass is 35.5. The van der Waals surface area contributed by atoms with Crippen LogP contribution < -0.4 is 16.2 Å². The molecule has 0 saturated heterocycles. The number of hydrogen-bond donors (Lipinski definition) is 2. The summed E-state index contributed by atoms with van der Waals surface area (Å²) in [6.45, 7) is 0.885. The van der Waals surface area contributed by atoms with Crippen LogP contribution in [0.4, 0.5) is 0 Å². The Morgan fingerprint density at radius 3 is 2.46 bits per heavy atom. The first-order chi connectivity index (χ1) is 12.6. The minimum Gasteiger partial charge on any atom is -0.494 e. The molecule has 1 aliphatic rings. The van der Waals surface area contributed by atoms with Crippen LogP contribution >= 0.6 is 11.6 Å². The van der Waals surface area contributed by atoms with Gasteiger partial charge in [-0.05, 0) is 29.8 Å². The van der Waals surface area contributed by atoms with Crippen LogP contribution in [0.3, 0.4) is 0 Å². The fourth-order valence-corrected chi connectivity index (χ4v) is 2.54. The van der Waals surface area contributed by atoms with E-state index in [-0.39, 0.29) is 11.9 Å². The molecule has 1 aliphatic heterocycles. The molecule has 0 aliphatic carbocycles. The average Bonchev–Trinajstić information content (AvgIpc) is 2.65. The molecule has 1 heterocycles. The van der Waals surface area contributed by atoms with Crippen LogP contribution in [0.15, 0.2) is 64.6 Å². The summed E-state index contributed by atoms with van der Waals surface area (Å²) in [6.07, 6.45) is 0.193. The van der Waals surface area contributed by atoms with Crippen molar-refractivity contribution in [1.82, 2.24) is 5.06 Å². The van der Waals surface area contributed by atoms with Gasteiger partial charge < -0.3 is 16.2 Å². The molecule has 3 rings (SSSR count). The molecule has 0 aromatic heterocycles. The quantitative estimate of drug-likeness (QED) is 0.727. The Morgan fingerprint density at radius 1 is 1.00 bits per heavy atom. The third-order valence-electron chi connectivity index (χ3n) is 3.63. The molecule has 7 nitrogen and oxygen atoms in total. The smallest absolute Gasteiger partial charge is 0.226 e. The Morgan fingerprint density at radius 2 is 1.73 bits per heavy atom. The molecule has 1 unspecified atom stereocenters. The standard InChI is InChI=1S/C18H20ClN5O2/c19-14-7-9-15(10-8-14)25-11-4-12-26-24-16(13-5-2-1-3-6-13)22-17(20)23-18(24)21/h1-3,5-10,16H,4,11-12H2,(H4,20,21,22,23). The maximum Gasteiger partial charge on any atom is 0.226 e. The SMILES string of the molecule is NC1=NC(c2ccccc2)N(OCCCOc2ccc(Cl)cc2)C(N)=N1. The maximum atomic E-state index is 5.96. The Kier molecular flexibility index (Phi) is 5.93. The highest BCUT2D eigenvalue weighted by Gasteiger charge is 2.26. The van der Waals surface area contributed by atoms with Crippen LogP contribution in [-0.2, 0) is 4.84 Å². The van der Waals surface area contributed by atoms with Crippen LogP contribution in [0.1, 0.15) is 18.2 Å². The number of nitrogens with zero attached hydrogens (tertiary/aromatic N) is 3. The largest absolute Gasteiger partial charge is 0.494 e. The number of aliphatic imine (C=N–C) groups is 2. The van der Waals surface area contributed by atoms with Gasteiger partial charge in [0.05, 0.1) is 13.2 Å². The summed E-state index contributed by atoms with van der Waals surface area (Å²) < 4.78 is 5.64. The normalized spacial score (nSPS) is 16.8. The number of rotatable bonds is 7. The van der Waals surface area contributed by atoms with Gasteiger partial charge in [0.1, 0.15) is 5.75 Å². The van der Waals surface area contributed by atoms with E-state index in [1.165, 1.54) is 5.06 Å². The summed E-state index contributed by atoms with van der Waals surface area (Å²) >= 11 is 5.85. The van der Waals surface area contributed by atoms with Gasteiger partial charge in [0.25, 0.3) is 0 Å². The highest BCUT2D eigenvalue weighted by Crippen LogP contribution is 2.24. The predicted molar refractivity (Wildman–Crippen MR) is 102 cm³/mol. The number of benzene rings is 2. The molecule has 0 radical (unpaired) electrons. The van der Waals surface area contributed by atoms with Crippen molar-refractivity contribution in [2.24, 2.45) is 21.5 Å². The van der Waals surface area contributed by atoms with E-state index in [0.717, 1.165) is 11.3 Å². The number of hydroxylamine groups is 2. The van der Waals surface area contributed by atoms with Gasteiger partial charge >= 0.3 is 0 Å².